The molecule has 2 aromatic rings. The SMILES string of the molecule is [C-]#[N+]C1=C(C)C(=Nc2cc3c(s2)-c2sc4c(c2C3(C)C)C(C)(C)C(N=C2C(=O)N(C)C(=O)C(C#N)=C2C)=C4)C(=O)N(C)C1=O. The van der Waals surface area contributed by atoms with Gasteiger partial charge in [0.2, 0.25) is 0 Å². The molecule has 6 rings (SSSR count). The highest BCUT2D eigenvalue weighted by molar-refractivity contribution is 7.25. The largest absolute Gasteiger partial charge is 0.286 e. The summed E-state index contributed by atoms with van der Waals surface area (Å²) in [4.78, 5) is 68.6. The lowest BCUT2D eigenvalue weighted by Crippen LogP contribution is -2.44. The van der Waals surface area contributed by atoms with Crippen LogP contribution in [0.1, 0.15) is 63.1 Å². The van der Waals surface area contributed by atoms with Gasteiger partial charge in [-0.15, -0.1) is 22.7 Å². The number of carbonyl (C=O) groups excluding carboxylic acids is 4. The normalized spacial score (nSPS) is 22.1. The molecule has 10 nitrogen and oxygen atoms in total. The second kappa shape index (κ2) is 9.36. The van der Waals surface area contributed by atoms with Crippen molar-refractivity contribution in [3.8, 4) is 15.8 Å². The van der Waals surface area contributed by atoms with E-state index in [-0.39, 0.29) is 33.8 Å². The average Bonchev–Trinajstić information content (AvgIpc) is 3.67. The monoisotopic (exact) mass is 622 g/mol. The fourth-order valence-electron chi connectivity index (χ4n) is 6.19. The predicted octanol–water partition coefficient (Wildman–Crippen LogP) is 5.29. The van der Waals surface area contributed by atoms with Crippen LogP contribution >= 0.6 is 22.7 Å². The summed E-state index contributed by atoms with van der Waals surface area (Å²) in [5.41, 5.74) is 3.59. The van der Waals surface area contributed by atoms with E-state index in [1.165, 1.54) is 31.0 Å². The van der Waals surface area contributed by atoms with Crippen LogP contribution in [0.15, 0.2) is 44.2 Å². The van der Waals surface area contributed by atoms with Crippen LogP contribution in [-0.2, 0) is 30.0 Å². The van der Waals surface area contributed by atoms with Crippen LogP contribution < -0.4 is 0 Å². The van der Waals surface area contributed by atoms with Gasteiger partial charge >= 0.3 is 0 Å². The maximum Gasteiger partial charge on any atom is 0.279 e. The highest BCUT2D eigenvalue weighted by Gasteiger charge is 2.48. The van der Waals surface area contributed by atoms with Crippen molar-refractivity contribution in [2.24, 2.45) is 9.98 Å². The number of nitrogens with zero attached hydrogens (tertiary/aromatic N) is 6. The van der Waals surface area contributed by atoms with E-state index in [2.05, 4.69) is 37.5 Å². The van der Waals surface area contributed by atoms with Gasteiger partial charge in [0.05, 0.1) is 17.1 Å². The minimum absolute atomic E-state index is 0.0889. The number of allylic oxidation sites excluding steroid dienone is 1. The fourth-order valence-corrected chi connectivity index (χ4v) is 9.09. The molecule has 0 fully saturated rings. The zero-order chi connectivity index (χ0) is 32.2. The van der Waals surface area contributed by atoms with Crippen molar-refractivity contribution in [2.75, 3.05) is 14.1 Å². The lowest BCUT2D eigenvalue weighted by molar-refractivity contribution is -0.138. The highest BCUT2D eigenvalue weighted by atomic mass is 32.1. The Bertz CT molecular complexity index is 2070. The van der Waals surface area contributed by atoms with Crippen LogP contribution in [0.2, 0.25) is 0 Å². The first kappa shape index (κ1) is 29.3. The highest BCUT2D eigenvalue weighted by Crippen LogP contribution is 2.63. The van der Waals surface area contributed by atoms with E-state index in [0.717, 1.165) is 35.6 Å². The van der Waals surface area contributed by atoms with Crippen LogP contribution in [-0.4, -0.2) is 58.9 Å². The molecule has 2 aliphatic heterocycles. The molecule has 0 unspecified atom stereocenters. The van der Waals surface area contributed by atoms with Gasteiger partial charge in [-0.3, -0.25) is 29.0 Å². The molecule has 0 aromatic carbocycles. The topological polar surface area (TPSA) is 128 Å². The van der Waals surface area contributed by atoms with Crippen LogP contribution in [0.25, 0.3) is 20.7 Å². The Labute approximate surface area is 261 Å². The Kier molecular flexibility index (Phi) is 6.23. The van der Waals surface area contributed by atoms with Gasteiger partial charge in [0.25, 0.3) is 29.3 Å². The molecule has 4 heterocycles. The number of rotatable bonds is 2. The van der Waals surface area contributed by atoms with Crippen LogP contribution in [0.3, 0.4) is 0 Å². The lowest BCUT2D eigenvalue weighted by Gasteiger charge is -2.29. The Morgan fingerprint density at radius 2 is 1.45 bits per heavy atom. The first-order valence-corrected chi connectivity index (χ1v) is 15.3. The number of nitriles is 1. The van der Waals surface area contributed by atoms with E-state index < -0.39 is 34.5 Å². The number of aliphatic imine (C=N–C) groups is 2. The molecule has 0 radical (unpaired) electrons. The summed E-state index contributed by atoms with van der Waals surface area (Å²) < 4.78 is 0. The molecule has 0 atom stereocenters. The average molecular weight is 623 g/mol. The summed E-state index contributed by atoms with van der Waals surface area (Å²) in [6.45, 7) is 19.0. The van der Waals surface area contributed by atoms with Crippen molar-refractivity contribution in [2.45, 2.75) is 52.4 Å². The van der Waals surface area contributed by atoms with E-state index in [0.29, 0.717) is 10.7 Å². The van der Waals surface area contributed by atoms with E-state index in [9.17, 15) is 24.4 Å². The maximum atomic E-state index is 13.0. The standard InChI is InChI=1S/C32H26N6O4S2/c1-13-15(12-33)27(39)37(8)29(41)23(13)35-18-11-17-20(32(18,5)6)21-26(43-17)25-16(31(21,3)4)10-19(44-25)36-24-14(2)22(34-7)28(40)38(9)30(24)42/h10-11H,1-6,8-9H3. The summed E-state index contributed by atoms with van der Waals surface area (Å²) in [5, 5.41) is 10.2. The van der Waals surface area contributed by atoms with Gasteiger partial charge in [-0.05, 0) is 48.3 Å². The summed E-state index contributed by atoms with van der Waals surface area (Å²) in [6, 6.07) is 3.89. The molecule has 2 aromatic heterocycles. The van der Waals surface area contributed by atoms with Gasteiger partial charge in [-0.2, -0.15) is 5.26 Å². The molecule has 0 spiro atoms. The van der Waals surface area contributed by atoms with Gasteiger partial charge in [0.1, 0.15) is 28.1 Å². The Morgan fingerprint density at radius 1 is 0.841 bits per heavy atom. The fraction of sp³-hybridized carbons (Fsp3) is 0.312. The number of thiophene rings is 2. The summed E-state index contributed by atoms with van der Waals surface area (Å²) >= 11 is 3.10. The first-order chi connectivity index (χ1) is 20.6. The van der Waals surface area contributed by atoms with E-state index in [4.69, 9.17) is 11.6 Å². The number of amides is 4. The molecular formula is C32H26N6O4S2. The molecule has 12 heteroatoms. The molecule has 2 aliphatic carbocycles. The van der Waals surface area contributed by atoms with Gasteiger partial charge < -0.3 is 0 Å². The molecule has 220 valence electrons. The van der Waals surface area contributed by atoms with E-state index in [1.54, 1.807) is 25.2 Å². The summed E-state index contributed by atoms with van der Waals surface area (Å²) in [7, 11) is 2.70. The second-order valence-electron chi connectivity index (χ2n) is 12.1. The lowest BCUT2D eigenvalue weighted by atomic mass is 9.75. The number of hydrogen-bond donors (Lipinski definition) is 0. The molecule has 4 amide bonds. The molecule has 44 heavy (non-hydrogen) atoms. The van der Waals surface area contributed by atoms with Crippen LogP contribution in [0.4, 0.5) is 5.00 Å². The molecule has 0 saturated carbocycles. The third-order valence-electron chi connectivity index (χ3n) is 8.85. The van der Waals surface area contributed by atoms with Crippen LogP contribution in [0.5, 0.6) is 0 Å². The Morgan fingerprint density at radius 3 is 2.07 bits per heavy atom. The van der Waals surface area contributed by atoms with Crippen molar-refractivity contribution >= 4 is 68.8 Å². The predicted molar refractivity (Wildman–Crippen MR) is 168 cm³/mol. The van der Waals surface area contributed by atoms with Crippen LogP contribution in [0, 0.1) is 17.9 Å². The van der Waals surface area contributed by atoms with Gasteiger partial charge in [0, 0.05) is 40.3 Å². The molecule has 0 saturated heterocycles. The van der Waals surface area contributed by atoms with Crippen molar-refractivity contribution in [3.63, 3.8) is 0 Å². The smallest absolute Gasteiger partial charge is 0.279 e. The number of carbonyl (C=O) groups is 4. The summed E-state index contributed by atoms with van der Waals surface area (Å²) in [5.74, 6) is -2.34. The maximum absolute atomic E-state index is 13.0. The van der Waals surface area contributed by atoms with E-state index >= 15 is 0 Å². The minimum Gasteiger partial charge on any atom is -0.286 e. The zero-order valence-corrected chi connectivity index (χ0v) is 26.9. The summed E-state index contributed by atoms with van der Waals surface area (Å²) in [6.07, 6.45) is 1.98. The third-order valence-corrected chi connectivity index (χ3v) is 11.2. The number of fused-ring (bicyclic) bond motifs is 5. The molecule has 4 aliphatic rings. The quantitative estimate of drug-likeness (QED) is 0.332. The zero-order valence-electron chi connectivity index (χ0n) is 25.3. The molecule has 0 N–H and O–H groups in total. The van der Waals surface area contributed by atoms with Gasteiger partial charge in [-0.1, -0.05) is 27.7 Å². The van der Waals surface area contributed by atoms with Gasteiger partial charge in [-0.25, -0.2) is 14.8 Å². The number of likely N-dealkylation sites (N-methyl/N-ethyl adjacent to an activating group) is 2. The number of hydrogen-bond acceptors (Lipinski definition) is 9. The molecule has 0 bridgehead atoms. The van der Waals surface area contributed by atoms with Crippen molar-refractivity contribution in [1.29, 1.82) is 5.26 Å². The second-order valence-corrected chi connectivity index (χ2v) is 14.2. The van der Waals surface area contributed by atoms with Crippen molar-refractivity contribution in [1.82, 2.24) is 9.80 Å². The van der Waals surface area contributed by atoms with E-state index in [1.807, 2.05) is 18.2 Å². The molecular weight excluding hydrogens is 597 g/mol. The first-order valence-electron chi connectivity index (χ1n) is 13.6. The number of imide groups is 2. The Balaban J connectivity index is 1.45. The Hall–Kier alpha value is -4.78. The third kappa shape index (κ3) is 3.68. The van der Waals surface area contributed by atoms with Crippen molar-refractivity contribution < 1.29 is 19.2 Å². The minimum atomic E-state index is -0.630. The van der Waals surface area contributed by atoms with Gasteiger partial charge in [0.15, 0.2) is 0 Å². The van der Waals surface area contributed by atoms with Crippen molar-refractivity contribution in [3.05, 3.63) is 67.2 Å².